The number of likely N-dealkylation sites (N-methyl/N-ethyl adjacent to an activating group) is 1. The van der Waals surface area contributed by atoms with Crippen molar-refractivity contribution in [2.45, 2.75) is 39.2 Å². The molecule has 1 unspecified atom stereocenters. The van der Waals surface area contributed by atoms with Gasteiger partial charge in [-0.1, -0.05) is 19.0 Å². The molecule has 0 spiro atoms. The molecule has 0 saturated carbocycles. The number of nitrogens with zero attached hydrogens (tertiary/aromatic N) is 4. The third-order valence-electron chi connectivity index (χ3n) is 3.98. The summed E-state index contributed by atoms with van der Waals surface area (Å²) in [5.74, 6) is 0.729. The first-order chi connectivity index (χ1) is 10.1. The number of hydrogen-bond acceptors (Lipinski definition) is 6. The maximum absolute atomic E-state index is 9.11. The van der Waals surface area contributed by atoms with Crippen LogP contribution >= 0.6 is 0 Å². The summed E-state index contributed by atoms with van der Waals surface area (Å²) in [5, 5.41) is 20.9. The second kappa shape index (κ2) is 6.71. The highest BCUT2D eigenvalue weighted by Gasteiger charge is 2.27. The lowest BCUT2D eigenvalue weighted by Gasteiger charge is -2.27. The smallest absolute Gasteiger partial charge is 0.174 e. The Morgan fingerprint density at radius 1 is 1.43 bits per heavy atom. The van der Waals surface area contributed by atoms with Crippen molar-refractivity contribution >= 4 is 11.7 Å². The first-order valence-electron chi connectivity index (χ1n) is 7.30. The molecule has 1 saturated heterocycles. The van der Waals surface area contributed by atoms with E-state index in [2.05, 4.69) is 15.4 Å². The molecule has 0 radical (unpaired) electrons. The van der Waals surface area contributed by atoms with Crippen LogP contribution in [0.1, 0.15) is 37.1 Å². The zero-order valence-electron chi connectivity index (χ0n) is 12.8. The Bertz CT molecular complexity index is 526. The minimum atomic E-state index is 0.0808. The Balaban J connectivity index is 2.53. The first kappa shape index (κ1) is 15.5. The highest BCUT2D eigenvalue weighted by Crippen LogP contribution is 2.26. The van der Waals surface area contributed by atoms with Crippen molar-refractivity contribution < 1.29 is 9.94 Å². The lowest BCUT2D eigenvalue weighted by molar-refractivity contribution is 0.193. The maximum atomic E-state index is 9.11. The number of anilines is 1. The van der Waals surface area contributed by atoms with Gasteiger partial charge in [-0.25, -0.2) is 0 Å². The predicted octanol–water partition coefficient (Wildman–Crippen LogP) is 0.921. The first-order valence-corrected chi connectivity index (χ1v) is 7.30. The topological polar surface area (TPSA) is 96.9 Å². The highest BCUT2D eigenvalue weighted by atomic mass is 16.5. The van der Waals surface area contributed by atoms with Gasteiger partial charge in [0.1, 0.15) is 0 Å². The van der Waals surface area contributed by atoms with E-state index in [1.807, 2.05) is 25.8 Å². The van der Waals surface area contributed by atoms with Gasteiger partial charge in [-0.05, 0) is 24.8 Å². The molecule has 7 nitrogen and oxygen atoms in total. The van der Waals surface area contributed by atoms with Crippen LogP contribution in [0.4, 0.5) is 5.82 Å². The van der Waals surface area contributed by atoms with Gasteiger partial charge in [-0.15, -0.1) is 5.10 Å². The van der Waals surface area contributed by atoms with Crippen LogP contribution in [0.5, 0.6) is 0 Å². The highest BCUT2D eigenvalue weighted by molar-refractivity contribution is 6.03. The van der Waals surface area contributed by atoms with E-state index in [4.69, 9.17) is 15.7 Å². The molecule has 21 heavy (non-hydrogen) atoms. The molecular formula is C14H23N5O2. The van der Waals surface area contributed by atoms with Crippen LogP contribution in [0, 0.1) is 0 Å². The van der Waals surface area contributed by atoms with Crippen molar-refractivity contribution in [1.29, 1.82) is 0 Å². The predicted molar refractivity (Wildman–Crippen MR) is 80.9 cm³/mol. The third-order valence-corrected chi connectivity index (χ3v) is 3.98. The molecule has 0 bridgehead atoms. The monoisotopic (exact) mass is 293 g/mol. The van der Waals surface area contributed by atoms with E-state index in [-0.39, 0.29) is 11.9 Å². The van der Waals surface area contributed by atoms with Crippen molar-refractivity contribution in [2.75, 3.05) is 25.2 Å². The van der Waals surface area contributed by atoms with E-state index in [0.717, 1.165) is 37.1 Å². The molecule has 2 heterocycles. The summed E-state index contributed by atoms with van der Waals surface area (Å²) < 4.78 is 5.43. The molecule has 1 aromatic rings. The van der Waals surface area contributed by atoms with Crippen molar-refractivity contribution in [1.82, 2.24) is 10.2 Å². The van der Waals surface area contributed by atoms with E-state index >= 15 is 0 Å². The Morgan fingerprint density at radius 2 is 2.19 bits per heavy atom. The van der Waals surface area contributed by atoms with Crippen LogP contribution in [-0.4, -0.2) is 47.5 Å². The summed E-state index contributed by atoms with van der Waals surface area (Å²) in [6, 6.07) is 0.238. The molecule has 116 valence electrons. The van der Waals surface area contributed by atoms with Crippen molar-refractivity contribution in [3.05, 3.63) is 16.8 Å². The number of oxime groups is 1. The Kier molecular flexibility index (Phi) is 4.95. The summed E-state index contributed by atoms with van der Waals surface area (Å²) in [6.07, 6.45) is 2.45. The molecule has 1 aromatic heterocycles. The van der Waals surface area contributed by atoms with E-state index in [0.29, 0.717) is 18.0 Å². The largest absolute Gasteiger partial charge is 0.409 e. The number of rotatable bonds is 5. The van der Waals surface area contributed by atoms with E-state index < -0.39 is 0 Å². The Hall–Kier alpha value is -1.89. The molecular weight excluding hydrogens is 270 g/mol. The molecule has 1 aliphatic rings. The van der Waals surface area contributed by atoms with E-state index in [1.54, 1.807) is 0 Å². The summed E-state index contributed by atoms with van der Waals surface area (Å²) in [4.78, 5) is 2.02. The standard InChI is InChI=1S/C14H23N5O2/c1-4-10-11(5-2)16-17-14(12(10)13(15)18-20)19(3)9-6-7-21-8-9/h9,20H,4-8H2,1-3H3,(H2,15,18). The number of hydrogen-bond donors (Lipinski definition) is 2. The average Bonchev–Trinajstić information content (AvgIpc) is 3.06. The average molecular weight is 293 g/mol. The fourth-order valence-electron chi connectivity index (χ4n) is 2.73. The van der Waals surface area contributed by atoms with Crippen LogP contribution in [0.15, 0.2) is 5.16 Å². The molecule has 0 aromatic carbocycles. The fourth-order valence-corrected chi connectivity index (χ4v) is 2.73. The lowest BCUT2D eigenvalue weighted by Crippen LogP contribution is -2.35. The van der Waals surface area contributed by atoms with Crippen LogP contribution in [0.3, 0.4) is 0 Å². The van der Waals surface area contributed by atoms with Crippen LogP contribution < -0.4 is 10.6 Å². The number of ether oxygens (including phenoxy) is 1. The number of aromatic nitrogens is 2. The third kappa shape index (κ3) is 2.92. The van der Waals surface area contributed by atoms with Gasteiger partial charge in [0.15, 0.2) is 11.7 Å². The number of amidine groups is 1. The number of nitrogens with two attached hydrogens (primary N) is 1. The van der Waals surface area contributed by atoms with Crippen molar-refractivity contribution in [3.63, 3.8) is 0 Å². The van der Waals surface area contributed by atoms with Gasteiger partial charge < -0.3 is 20.6 Å². The molecule has 1 aliphatic heterocycles. The molecule has 7 heteroatoms. The molecule has 2 rings (SSSR count). The molecule has 1 fully saturated rings. The summed E-state index contributed by atoms with van der Waals surface area (Å²) in [6.45, 7) is 5.46. The van der Waals surface area contributed by atoms with Crippen LogP contribution in [-0.2, 0) is 17.6 Å². The van der Waals surface area contributed by atoms with Crippen molar-refractivity contribution in [2.24, 2.45) is 10.9 Å². The summed E-state index contributed by atoms with van der Waals surface area (Å²) >= 11 is 0. The van der Waals surface area contributed by atoms with Crippen LogP contribution in [0.25, 0.3) is 0 Å². The summed E-state index contributed by atoms with van der Waals surface area (Å²) in [5.41, 5.74) is 8.46. The fraction of sp³-hybridized carbons (Fsp3) is 0.643. The van der Waals surface area contributed by atoms with Gasteiger partial charge in [0.2, 0.25) is 0 Å². The van der Waals surface area contributed by atoms with Gasteiger partial charge in [0, 0.05) is 13.7 Å². The zero-order chi connectivity index (χ0) is 15.4. The lowest BCUT2D eigenvalue weighted by atomic mass is 10.0. The molecule has 0 aliphatic carbocycles. The molecule has 1 atom stereocenters. The minimum Gasteiger partial charge on any atom is -0.409 e. The van der Waals surface area contributed by atoms with E-state index in [9.17, 15) is 0 Å². The van der Waals surface area contributed by atoms with Gasteiger partial charge in [-0.2, -0.15) is 5.10 Å². The normalized spacial score (nSPS) is 19.0. The van der Waals surface area contributed by atoms with Crippen molar-refractivity contribution in [3.8, 4) is 0 Å². The summed E-state index contributed by atoms with van der Waals surface area (Å²) in [7, 11) is 1.95. The number of aryl methyl sites for hydroxylation is 1. The van der Waals surface area contributed by atoms with Gasteiger partial charge >= 0.3 is 0 Å². The maximum Gasteiger partial charge on any atom is 0.174 e. The minimum absolute atomic E-state index is 0.0808. The van der Waals surface area contributed by atoms with E-state index in [1.165, 1.54) is 0 Å². The second-order valence-electron chi connectivity index (χ2n) is 5.14. The Morgan fingerprint density at radius 3 is 2.71 bits per heavy atom. The Labute approximate surface area is 124 Å². The quantitative estimate of drug-likeness (QED) is 0.363. The van der Waals surface area contributed by atoms with Crippen LogP contribution in [0.2, 0.25) is 0 Å². The van der Waals surface area contributed by atoms with Gasteiger partial charge in [0.25, 0.3) is 0 Å². The molecule has 0 amide bonds. The molecule has 3 N–H and O–H groups in total. The SMILES string of the molecule is CCc1nnc(N(C)C2CCOC2)c(C(N)=NO)c1CC. The van der Waals surface area contributed by atoms with Gasteiger partial charge in [-0.3, -0.25) is 0 Å². The zero-order valence-corrected chi connectivity index (χ0v) is 12.8. The second-order valence-corrected chi connectivity index (χ2v) is 5.14. The van der Waals surface area contributed by atoms with Gasteiger partial charge in [0.05, 0.1) is 23.9 Å².